The van der Waals surface area contributed by atoms with Gasteiger partial charge in [-0.3, -0.25) is 0 Å². The fourth-order valence-corrected chi connectivity index (χ4v) is 1.91. The van der Waals surface area contributed by atoms with E-state index in [-0.39, 0.29) is 0 Å². The second kappa shape index (κ2) is 17.8. The third kappa shape index (κ3) is 13.7. The van der Waals surface area contributed by atoms with Crippen LogP contribution in [0.2, 0.25) is 0 Å². The van der Waals surface area contributed by atoms with E-state index in [4.69, 9.17) is 5.26 Å². The van der Waals surface area contributed by atoms with Gasteiger partial charge in [0.1, 0.15) is 0 Å². The number of rotatable bonds is 6. The van der Waals surface area contributed by atoms with Crippen molar-refractivity contribution in [3.05, 3.63) is 35.4 Å². The van der Waals surface area contributed by atoms with Crippen LogP contribution < -0.4 is 0 Å². The van der Waals surface area contributed by atoms with E-state index < -0.39 is 0 Å². The van der Waals surface area contributed by atoms with Gasteiger partial charge >= 0.3 is 0 Å². The number of hydrogen-bond acceptors (Lipinski definition) is 1. The van der Waals surface area contributed by atoms with E-state index in [1.165, 1.54) is 44.1 Å². The van der Waals surface area contributed by atoms with Crippen LogP contribution in [0.15, 0.2) is 24.3 Å². The number of benzene rings is 1. The summed E-state index contributed by atoms with van der Waals surface area (Å²) in [5.74, 6) is 0.949. The summed E-state index contributed by atoms with van der Waals surface area (Å²) in [5, 5.41) is 8.77. The molecule has 0 fully saturated rings. The highest BCUT2D eigenvalue weighted by Gasteiger charge is 1.98. The van der Waals surface area contributed by atoms with Gasteiger partial charge in [-0.2, -0.15) is 5.26 Å². The summed E-state index contributed by atoms with van der Waals surface area (Å²) in [4.78, 5) is 0. The maximum absolute atomic E-state index is 8.77. The third-order valence-corrected chi connectivity index (χ3v) is 3.42. The van der Waals surface area contributed by atoms with E-state index >= 15 is 0 Å². The number of nitriles is 1. The Balaban J connectivity index is 0. The molecule has 1 atom stereocenters. The van der Waals surface area contributed by atoms with Gasteiger partial charge in [0.2, 0.25) is 0 Å². The van der Waals surface area contributed by atoms with Gasteiger partial charge in [-0.25, -0.2) is 0 Å². The predicted molar refractivity (Wildman–Crippen MR) is 100 cm³/mol. The summed E-state index contributed by atoms with van der Waals surface area (Å²) < 4.78 is 0. The Morgan fingerprint density at radius 1 is 1.00 bits per heavy atom. The first-order valence-electron chi connectivity index (χ1n) is 9.08. The van der Waals surface area contributed by atoms with Crippen molar-refractivity contribution >= 4 is 0 Å². The molecule has 22 heavy (non-hydrogen) atoms. The SMILES string of the molecule is CCC.CCCC(C)CC.CCCCc1ccccc1C#N. The highest BCUT2D eigenvalue weighted by molar-refractivity contribution is 5.37. The number of unbranched alkanes of at least 4 members (excludes halogenated alkanes) is 1. The average Bonchev–Trinajstić information content (AvgIpc) is 2.54. The van der Waals surface area contributed by atoms with Crippen molar-refractivity contribution in [2.75, 3.05) is 0 Å². The lowest BCUT2D eigenvalue weighted by Crippen LogP contribution is -1.88. The zero-order chi connectivity index (χ0) is 17.2. The van der Waals surface area contributed by atoms with Crippen LogP contribution in [0.5, 0.6) is 0 Å². The molecule has 0 N–H and O–H groups in total. The van der Waals surface area contributed by atoms with Crippen molar-refractivity contribution in [1.29, 1.82) is 5.26 Å². The zero-order valence-corrected chi connectivity index (χ0v) is 15.8. The van der Waals surface area contributed by atoms with Crippen LogP contribution >= 0.6 is 0 Å². The van der Waals surface area contributed by atoms with E-state index in [1.807, 2.05) is 24.3 Å². The summed E-state index contributed by atoms with van der Waals surface area (Å²) >= 11 is 0. The first kappa shape index (κ1) is 23.0. The van der Waals surface area contributed by atoms with Gasteiger partial charge in [0.15, 0.2) is 0 Å². The standard InChI is InChI=1S/C11H13N.C7H16.C3H8/c1-2-3-6-10-7-4-5-8-11(10)9-12;1-4-6-7(3)5-2;1-3-2/h4-5,7-8H,2-3,6H2,1H3;7H,4-6H2,1-3H3;3H2,1-2H3. The van der Waals surface area contributed by atoms with E-state index in [9.17, 15) is 0 Å². The van der Waals surface area contributed by atoms with Crippen molar-refractivity contribution in [1.82, 2.24) is 0 Å². The number of nitrogens with zero attached hydrogens (tertiary/aromatic N) is 1. The molecule has 0 aliphatic rings. The maximum Gasteiger partial charge on any atom is 0.0994 e. The van der Waals surface area contributed by atoms with E-state index in [0.29, 0.717) is 0 Å². The molecule has 1 nitrogen and oxygen atoms in total. The van der Waals surface area contributed by atoms with Crippen molar-refractivity contribution in [3.63, 3.8) is 0 Å². The van der Waals surface area contributed by atoms with Gasteiger partial charge in [0.05, 0.1) is 11.6 Å². The highest BCUT2D eigenvalue weighted by atomic mass is 14.2. The Morgan fingerprint density at radius 2 is 1.59 bits per heavy atom. The van der Waals surface area contributed by atoms with Crippen LogP contribution in [0.1, 0.15) is 91.2 Å². The first-order valence-corrected chi connectivity index (χ1v) is 9.08. The molecule has 1 heteroatoms. The maximum atomic E-state index is 8.77. The molecule has 0 aliphatic heterocycles. The van der Waals surface area contributed by atoms with Crippen LogP contribution in [0.3, 0.4) is 0 Å². The Morgan fingerprint density at radius 3 is 2.00 bits per heavy atom. The summed E-state index contributed by atoms with van der Waals surface area (Å²) in [6.45, 7) is 13.2. The highest BCUT2D eigenvalue weighted by Crippen LogP contribution is 2.10. The van der Waals surface area contributed by atoms with E-state index in [1.54, 1.807) is 0 Å². The minimum absolute atomic E-state index is 0.825. The predicted octanol–water partition coefficient (Wildman–Crippen LogP) is 7.15. The molecule has 0 aromatic heterocycles. The van der Waals surface area contributed by atoms with Crippen LogP contribution in [0, 0.1) is 17.2 Å². The molecular weight excluding hydrogens is 266 g/mol. The quantitative estimate of drug-likeness (QED) is 0.547. The van der Waals surface area contributed by atoms with Crippen molar-refractivity contribution in [3.8, 4) is 6.07 Å². The third-order valence-electron chi connectivity index (χ3n) is 3.42. The molecule has 0 bridgehead atoms. The monoisotopic (exact) mass is 303 g/mol. The van der Waals surface area contributed by atoms with Crippen LogP contribution in [0.25, 0.3) is 0 Å². The lowest BCUT2D eigenvalue weighted by atomic mass is 10.0. The normalized spacial score (nSPS) is 10.4. The minimum atomic E-state index is 0.825. The molecule has 1 aromatic rings. The number of aryl methyl sites for hydroxylation is 1. The largest absolute Gasteiger partial charge is 0.192 e. The van der Waals surface area contributed by atoms with Gasteiger partial charge in [-0.1, -0.05) is 91.8 Å². The molecule has 1 rings (SSSR count). The molecule has 1 aromatic carbocycles. The molecule has 0 amide bonds. The molecule has 0 saturated heterocycles. The van der Waals surface area contributed by atoms with Gasteiger partial charge in [0, 0.05) is 0 Å². The topological polar surface area (TPSA) is 23.8 Å². The van der Waals surface area contributed by atoms with Crippen molar-refractivity contribution in [2.45, 2.75) is 86.5 Å². The summed E-state index contributed by atoms with van der Waals surface area (Å²) in [6, 6.07) is 10.0. The summed E-state index contributed by atoms with van der Waals surface area (Å²) in [6.07, 6.45) is 8.71. The molecule has 0 aliphatic carbocycles. The van der Waals surface area contributed by atoms with Crippen LogP contribution in [-0.2, 0) is 6.42 Å². The molecule has 0 spiro atoms. The Bertz CT molecular complexity index is 376. The van der Waals surface area contributed by atoms with Crippen LogP contribution in [-0.4, -0.2) is 0 Å². The Labute approximate surface area is 139 Å². The minimum Gasteiger partial charge on any atom is -0.192 e. The molecule has 0 radical (unpaired) electrons. The first-order chi connectivity index (χ1) is 10.6. The zero-order valence-electron chi connectivity index (χ0n) is 15.8. The Kier molecular flexibility index (Phi) is 18.6. The fraction of sp³-hybridized carbons (Fsp3) is 0.667. The summed E-state index contributed by atoms with van der Waals surface area (Å²) in [5.41, 5.74) is 2.01. The average molecular weight is 304 g/mol. The van der Waals surface area contributed by atoms with Gasteiger partial charge in [-0.15, -0.1) is 0 Å². The number of hydrogen-bond donors (Lipinski definition) is 0. The van der Waals surface area contributed by atoms with E-state index in [0.717, 1.165) is 17.9 Å². The molecular formula is C21H37N. The van der Waals surface area contributed by atoms with Gasteiger partial charge < -0.3 is 0 Å². The Hall–Kier alpha value is -1.29. The van der Waals surface area contributed by atoms with Crippen LogP contribution in [0.4, 0.5) is 0 Å². The molecule has 0 heterocycles. The smallest absolute Gasteiger partial charge is 0.0994 e. The molecule has 126 valence electrons. The summed E-state index contributed by atoms with van der Waals surface area (Å²) in [7, 11) is 0. The lowest BCUT2D eigenvalue weighted by molar-refractivity contribution is 0.509. The molecule has 1 unspecified atom stereocenters. The van der Waals surface area contributed by atoms with Crippen molar-refractivity contribution in [2.24, 2.45) is 5.92 Å². The van der Waals surface area contributed by atoms with Gasteiger partial charge in [0.25, 0.3) is 0 Å². The van der Waals surface area contributed by atoms with Gasteiger partial charge in [-0.05, 0) is 30.4 Å². The van der Waals surface area contributed by atoms with E-state index in [2.05, 4.69) is 47.6 Å². The second-order valence-electron chi connectivity index (χ2n) is 5.88. The lowest BCUT2D eigenvalue weighted by Gasteiger charge is -2.02. The second-order valence-corrected chi connectivity index (χ2v) is 5.88. The van der Waals surface area contributed by atoms with Crippen molar-refractivity contribution < 1.29 is 0 Å². The fourth-order valence-electron chi connectivity index (χ4n) is 1.91. The molecule has 0 saturated carbocycles.